The van der Waals surface area contributed by atoms with Gasteiger partial charge in [-0.1, -0.05) is 42.5 Å². The van der Waals surface area contributed by atoms with Gasteiger partial charge >= 0.3 is 0 Å². The van der Waals surface area contributed by atoms with Gasteiger partial charge in [0.2, 0.25) is 0 Å². The fraction of sp³-hybridized carbons (Fsp3) is 0.158. The van der Waals surface area contributed by atoms with E-state index in [2.05, 4.69) is 72.6 Å². The molecule has 5 rings (SSSR count). The highest BCUT2D eigenvalue weighted by atomic mass is 32.2. The molecule has 0 amide bonds. The minimum Gasteiger partial charge on any atom is -0.355 e. The largest absolute Gasteiger partial charge is 0.355 e. The Morgan fingerprint density at radius 3 is 2.81 bits per heavy atom. The van der Waals surface area contributed by atoms with Gasteiger partial charge in [-0.05, 0) is 30.7 Å². The van der Waals surface area contributed by atoms with Crippen LogP contribution in [0.3, 0.4) is 0 Å². The Bertz CT molecular complexity index is 905. The van der Waals surface area contributed by atoms with Crippen LogP contribution in [-0.2, 0) is 4.75 Å². The number of fused-ring (bicyclic) bond motifs is 7. The molecule has 0 bridgehead atoms. The number of aromatic amines is 1. The van der Waals surface area contributed by atoms with Crippen LogP contribution in [0.25, 0.3) is 17.0 Å². The average molecular weight is 289 g/mol. The second-order valence-corrected chi connectivity index (χ2v) is 7.54. The molecule has 2 atom stereocenters. The highest BCUT2D eigenvalue weighted by molar-refractivity contribution is 8.00. The predicted octanol–water partition coefficient (Wildman–Crippen LogP) is 5.30. The maximum atomic E-state index is 3.58. The second kappa shape index (κ2) is 3.83. The van der Waals surface area contributed by atoms with Crippen molar-refractivity contribution in [3.05, 3.63) is 71.4 Å². The lowest BCUT2D eigenvalue weighted by atomic mass is 9.78. The number of para-hydroxylation sites is 1. The third kappa shape index (κ3) is 1.38. The van der Waals surface area contributed by atoms with E-state index in [0.717, 1.165) is 0 Å². The van der Waals surface area contributed by atoms with Crippen molar-refractivity contribution in [3.8, 4) is 0 Å². The van der Waals surface area contributed by atoms with Crippen LogP contribution < -0.4 is 0 Å². The first-order chi connectivity index (χ1) is 10.3. The maximum Gasteiger partial charge on any atom is 0.0557 e. The molecular formula is C19H15NS. The van der Waals surface area contributed by atoms with Crippen molar-refractivity contribution in [1.29, 1.82) is 0 Å². The molecule has 0 fully saturated rings. The van der Waals surface area contributed by atoms with Crippen LogP contribution in [0.4, 0.5) is 0 Å². The van der Waals surface area contributed by atoms with Crippen molar-refractivity contribution in [2.45, 2.75) is 22.5 Å². The average Bonchev–Trinajstić information content (AvgIpc) is 3.01. The van der Waals surface area contributed by atoms with E-state index in [0.29, 0.717) is 5.92 Å². The first-order valence-electron chi connectivity index (χ1n) is 7.35. The number of hydrogen-bond acceptors (Lipinski definition) is 1. The number of allylic oxidation sites excluding steroid dienone is 1. The molecule has 2 aliphatic rings. The molecule has 2 unspecified atom stereocenters. The molecule has 1 nitrogen and oxygen atoms in total. The number of benzene rings is 2. The van der Waals surface area contributed by atoms with Gasteiger partial charge in [0.15, 0.2) is 0 Å². The monoisotopic (exact) mass is 289 g/mol. The van der Waals surface area contributed by atoms with Gasteiger partial charge < -0.3 is 4.98 Å². The quantitative estimate of drug-likeness (QED) is 0.594. The van der Waals surface area contributed by atoms with E-state index >= 15 is 0 Å². The molecule has 2 aromatic carbocycles. The Morgan fingerprint density at radius 1 is 1.05 bits per heavy atom. The molecule has 1 aliphatic carbocycles. The Hall–Kier alpha value is -1.93. The third-order valence-corrected chi connectivity index (χ3v) is 6.33. The molecule has 1 N–H and O–H groups in total. The minimum atomic E-state index is 0.0906. The lowest BCUT2D eigenvalue weighted by Crippen LogP contribution is -2.24. The lowest BCUT2D eigenvalue weighted by molar-refractivity contribution is 0.626. The van der Waals surface area contributed by atoms with Gasteiger partial charge in [0.1, 0.15) is 0 Å². The summed E-state index contributed by atoms with van der Waals surface area (Å²) in [6.45, 7) is 2.39. The zero-order valence-corrected chi connectivity index (χ0v) is 12.6. The summed E-state index contributed by atoms with van der Waals surface area (Å²) in [5.74, 6) is 0.463. The van der Waals surface area contributed by atoms with Crippen molar-refractivity contribution >= 4 is 28.7 Å². The molecule has 0 saturated carbocycles. The minimum absolute atomic E-state index is 0.0906. The first kappa shape index (κ1) is 11.7. The molecule has 0 radical (unpaired) electrons. The smallest absolute Gasteiger partial charge is 0.0557 e. The van der Waals surface area contributed by atoms with Crippen LogP contribution in [0, 0.1) is 0 Å². The maximum absolute atomic E-state index is 3.58. The number of H-pyrrole nitrogens is 1. The van der Waals surface area contributed by atoms with E-state index in [1.54, 1.807) is 0 Å². The molecule has 102 valence electrons. The Balaban J connectivity index is 1.84. The second-order valence-electron chi connectivity index (χ2n) is 6.04. The van der Waals surface area contributed by atoms with Crippen molar-refractivity contribution in [2.75, 3.05) is 0 Å². The number of hydrogen-bond donors (Lipinski definition) is 1. The van der Waals surface area contributed by atoms with Crippen LogP contribution in [-0.4, -0.2) is 4.98 Å². The van der Waals surface area contributed by atoms with Gasteiger partial charge in [0.25, 0.3) is 0 Å². The molecular weight excluding hydrogens is 274 g/mol. The van der Waals surface area contributed by atoms with Crippen LogP contribution >= 0.6 is 11.8 Å². The summed E-state index contributed by atoms with van der Waals surface area (Å²) >= 11 is 2.01. The summed E-state index contributed by atoms with van der Waals surface area (Å²) < 4.78 is 0.0906. The number of aromatic nitrogens is 1. The highest BCUT2D eigenvalue weighted by Crippen LogP contribution is 2.62. The number of thioether (sulfide) groups is 1. The lowest BCUT2D eigenvalue weighted by Gasteiger charge is -2.32. The van der Waals surface area contributed by atoms with E-state index in [1.165, 1.54) is 32.6 Å². The summed E-state index contributed by atoms with van der Waals surface area (Å²) in [6, 6.07) is 17.5. The molecule has 1 aliphatic heterocycles. The molecule has 0 saturated heterocycles. The van der Waals surface area contributed by atoms with Gasteiger partial charge in [0, 0.05) is 33.0 Å². The molecule has 1 aromatic heterocycles. The van der Waals surface area contributed by atoms with Crippen molar-refractivity contribution in [3.63, 3.8) is 0 Å². The van der Waals surface area contributed by atoms with Gasteiger partial charge in [0.05, 0.1) is 4.75 Å². The van der Waals surface area contributed by atoms with E-state index < -0.39 is 0 Å². The molecule has 3 aromatic rings. The van der Waals surface area contributed by atoms with E-state index in [4.69, 9.17) is 0 Å². The van der Waals surface area contributed by atoms with Gasteiger partial charge in [-0.2, -0.15) is 0 Å². The summed E-state index contributed by atoms with van der Waals surface area (Å²) in [6.07, 6.45) is 4.64. The van der Waals surface area contributed by atoms with E-state index in [1.807, 2.05) is 11.8 Å². The zero-order valence-electron chi connectivity index (χ0n) is 11.8. The number of nitrogens with one attached hydrogen (secondary N) is 1. The SMILES string of the molecule is CC12Sc3ccccc3C1C=Cc1[nH]c3ccccc3c12. The Morgan fingerprint density at radius 2 is 1.86 bits per heavy atom. The van der Waals surface area contributed by atoms with E-state index in [-0.39, 0.29) is 4.75 Å². The van der Waals surface area contributed by atoms with Gasteiger partial charge in [-0.15, -0.1) is 11.8 Å². The zero-order chi connectivity index (χ0) is 14.0. The first-order valence-corrected chi connectivity index (χ1v) is 8.16. The number of rotatable bonds is 0. The Kier molecular flexibility index (Phi) is 2.13. The standard InChI is InChI=1S/C19H15NS/c1-19-14(12-6-3-5-9-17(12)21-19)10-11-16-18(19)13-7-2-4-8-15(13)20-16/h2-11,14,20H,1H3. The van der Waals surface area contributed by atoms with E-state index in [9.17, 15) is 0 Å². The fourth-order valence-corrected chi connectivity index (χ4v) is 5.50. The van der Waals surface area contributed by atoms with Crippen molar-refractivity contribution in [2.24, 2.45) is 0 Å². The molecule has 21 heavy (non-hydrogen) atoms. The molecule has 2 heteroatoms. The normalized spacial score (nSPS) is 25.7. The predicted molar refractivity (Wildman–Crippen MR) is 89.7 cm³/mol. The van der Waals surface area contributed by atoms with Crippen LogP contribution in [0.2, 0.25) is 0 Å². The summed E-state index contributed by atoms with van der Waals surface area (Å²) in [5, 5.41) is 1.37. The van der Waals surface area contributed by atoms with Gasteiger partial charge in [-0.3, -0.25) is 0 Å². The van der Waals surface area contributed by atoms with Crippen LogP contribution in [0.15, 0.2) is 59.5 Å². The fourth-order valence-electron chi connectivity index (χ4n) is 3.93. The Labute approximate surface area is 128 Å². The highest BCUT2D eigenvalue weighted by Gasteiger charge is 2.47. The van der Waals surface area contributed by atoms with Crippen molar-refractivity contribution < 1.29 is 0 Å². The third-order valence-electron chi connectivity index (χ3n) is 4.86. The van der Waals surface area contributed by atoms with Crippen molar-refractivity contribution in [1.82, 2.24) is 4.98 Å². The molecule has 2 heterocycles. The summed E-state index contributed by atoms with van der Waals surface area (Å²) in [7, 11) is 0. The van der Waals surface area contributed by atoms with Gasteiger partial charge in [-0.25, -0.2) is 0 Å². The van der Waals surface area contributed by atoms with Crippen LogP contribution in [0.1, 0.15) is 29.7 Å². The summed E-state index contributed by atoms with van der Waals surface area (Å²) in [5.41, 5.74) is 5.45. The van der Waals surface area contributed by atoms with Crippen LogP contribution in [0.5, 0.6) is 0 Å². The topological polar surface area (TPSA) is 15.8 Å². The molecule has 0 spiro atoms. The summed E-state index contributed by atoms with van der Waals surface area (Å²) in [4.78, 5) is 5.00.